The first kappa shape index (κ1) is 21.3. The van der Waals surface area contributed by atoms with Gasteiger partial charge in [0.05, 0.1) is 30.9 Å². The largest absolute Gasteiger partial charge is 0.775 e. The van der Waals surface area contributed by atoms with Gasteiger partial charge in [-0.3, -0.25) is 5.87 Å². The number of rotatable bonds is 5. The molecule has 2 aromatic carbocycles. The number of benzene rings is 2. The van der Waals surface area contributed by atoms with Crippen molar-refractivity contribution in [3.63, 3.8) is 0 Å². The monoisotopic (exact) mass is 410 g/mol. The van der Waals surface area contributed by atoms with Gasteiger partial charge in [0, 0.05) is 16.5 Å². The molecule has 0 radical (unpaired) electrons. The second-order valence-electron chi connectivity index (χ2n) is 6.27. The van der Waals surface area contributed by atoms with Crippen LogP contribution in [0.3, 0.4) is 0 Å². The SMILES string of the molecule is [C-]#[N+]C(=C=[N-])c1c(C=CC=C(C#N)C(=C(C#N)[N+]#[C-])c2ccccc2)oc2ccccc12. The fraction of sp³-hybridized carbons (Fsp3) is 0. The van der Waals surface area contributed by atoms with E-state index >= 15 is 0 Å². The van der Waals surface area contributed by atoms with Crippen LogP contribution < -0.4 is 0 Å². The summed E-state index contributed by atoms with van der Waals surface area (Å²) in [6.07, 6.45) is 4.54. The highest BCUT2D eigenvalue weighted by Gasteiger charge is 2.16. The average Bonchev–Trinajstić information content (AvgIpc) is 3.20. The van der Waals surface area contributed by atoms with Gasteiger partial charge in [0.2, 0.25) is 5.70 Å². The molecule has 1 aromatic heterocycles. The van der Waals surface area contributed by atoms with Crippen molar-refractivity contribution in [1.82, 2.24) is 0 Å². The Labute approximate surface area is 184 Å². The molecule has 0 aliphatic rings. The van der Waals surface area contributed by atoms with Crippen molar-refractivity contribution >= 4 is 34.2 Å². The van der Waals surface area contributed by atoms with E-state index in [-0.39, 0.29) is 22.5 Å². The molecule has 0 saturated carbocycles. The standard InChI is InChI=1S/C26H12N5O/c1-30-21(16-28)25(18-9-4-3-5-10-18)19(15-27)11-8-14-24-26(22(17-29)31-2)20-12-6-7-13-23(20)32-24/h3-14H/q-1. The molecule has 0 spiro atoms. The maximum atomic E-state index is 9.72. The Balaban J connectivity index is 2.15. The van der Waals surface area contributed by atoms with Crippen molar-refractivity contribution < 1.29 is 4.42 Å². The van der Waals surface area contributed by atoms with Crippen LogP contribution in [0.5, 0.6) is 0 Å². The van der Waals surface area contributed by atoms with Crippen LogP contribution in [0.25, 0.3) is 43.4 Å². The van der Waals surface area contributed by atoms with Gasteiger partial charge in [-0.2, -0.15) is 5.26 Å². The van der Waals surface area contributed by atoms with Gasteiger partial charge < -0.3 is 9.83 Å². The van der Waals surface area contributed by atoms with Crippen LogP contribution in [0.4, 0.5) is 0 Å². The molecule has 1 heterocycles. The van der Waals surface area contributed by atoms with Gasteiger partial charge in [-0.05, 0) is 23.8 Å². The topological polar surface area (TPSA) is 91.7 Å². The molecule has 3 rings (SSSR count). The van der Waals surface area contributed by atoms with Crippen molar-refractivity contribution in [3.8, 4) is 12.1 Å². The second kappa shape index (κ2) is 9.89. The number of allylic oxidation sites excluding steroid dienone is 5. The summed E-state index contributed by atoms with van der Waals surface area (Å²) < 4.78 is 5.81. The van der Waals surface area contributed by atoms with Crippen molar-refractivity contribution in [2.24, 2.45) is 0 Å². The van der Waals surface area contributed by atoms with E-state index in [1.807, 2.05) is 18.0 Å². The first-order valence-corrected chi connectivity index (χ1v) is 9.21. The number of hydrogen-bond acceptors (Lipinski definition) is 3. The summed E-state index contributed by atoms with van der Waals surface area (Å²) >= 11 is 0. The van der Waals surface area contributed by atoms with E-state index < -0.39 is 0 Å². The maximum absolute atomic E-state index is 9.72. The molecule has 0 N–H and O–H groups in total. The molecule has 0 aliphatic carbocycles. The van der Waals surface area contributed by atoms with E-state index in [0.29, 0.717) is 27.9 Å². The molecule has 32 heavy (non-hydrogen) atoms. The predicted molar refractivity (Wildman–Crippen MR) is 123 cm³/mol. The molecule has 6 heteroatoms. The molecule has 0 unspecified atom stereocenters. The van der Waals surface area contributed by atoms with Crippen molar-refractivity contribution in [2.45, 2.75) is 0 Å². The number of nitriles is 2. The van der Waals surface area contributed by atoms with Crippen LogP contribution in [-0.4, -0.2) is 5.87 Å². The van der Waals surface area contributed by atoms with Gasteiger partial charge in [-0.25, -0.2) is 15.0 Å². The number of furan rings is 1. The highest BCUT2D eigenvalue weighted by Crippen LogP contribution is 2.32. The third-order valence-corrected chi connectivity index (χ3v) is 4.49. The highest BCUT2D eigenvalue weighted by molar-refractivity contribution is 6.05. The second-order valence-corrected chi connectivity index (χ2v) is 6.27. The lowest BCUT2D eigenvalue weighted by Gasteiger charge is -2.06. The fourth-order valence-corrected chi connectivity index (χ4v) is 3.13. The van der Waals surface area contributed by atoms with E-state index in [2.05, 4.69) is 9.69 Å². The number of hydrogen-bond donors (Lipinski definition) is 0. The molecule has 0 bridgehead atoms. The van der Waals surface area contributed by atoms with Gasteiger partial charge in [-0.1, -0.05) is 54.6 Å². The van der Waals surface area contributed by atoms with E-state index in [4.69, 9.17) is 17.6 Å². The zero-order valence-electron chi connectivity index (χ0n) is 16.6. The van der Waals surface area contributed by atoms with E-state index in [1.54, 1.807) is 60.7 Å². The van der Waals surface area contributed by atoms with Gasteiger partial charge in [0.1, 0.15) is 11.3 Å². The lowest BCUT2D eigenvalue weighted by molar-refractivity contribution is 0.603. The summed E-state index contributed by atoms with van der Waals surface area (Å²) in [5.74, 6) is 2.19. The normalized spacial score (nSPS) is 11.6. The smallest absolute Gasteiger partial charge is 0.270 e. The molecule has 148 valence electrons. The maximum Gasteiger partial charge on any atom is 0.270 e. The third-order valence-electron chi connectivity index (χ3n) is 4.49. The van der Waals surface area contributed by atoms with Crippen LogP contribution in [0.1, 0.15) is 16.9 Å². The Kier molecular flexibility index (Phi) is 6.59. The van der Waals surface area contributed by atoms with Gasteiger partial charge >= 0.3 is 0 Å². The lowest BCUT2D eigenvalue weighted by atomic mass is 9.96. The van der Waals surface area contributed by atoms with E-state index in [1.165, 1.54) is 12.2 Å². The molecule has 0 amide bonds. The quantitative estimate of drug-likeness (QED) is 0.215. The summed E-state index contributed by atoms with van der Waals surface area (Å²) in [7, 11) is 0. The summed E-state index contributed by atoms with van der Waals surface area (Å²) in [4.78, 5) is 6.57. The summed E-state index contributed by atoms with van der Waals surface area (Å²) in [5, 5.41) is 29.1. The summed E-state index contributed by atoms with van der Waals surface area (Å²) in [6, 6.07) is 19.7. The van der Waals surface area contributed by atoms with Crippen molar-refractivity contribution in [1.29, 1.82) is 10.5 Å². The Bertz CT molecular complexity index is 1480. The average molecular weight is 410 g/mol. The molecule has 0 aliphatic heterocycles. The number of fused-ring (bicyclic) bond motifs is 1. The molecule has 0 fully saturated rings. The summed E-state index contributed by atoms with van der Waals surface area (Å²) in [5.41, 5.74) is 1.50. The molecular weight excluding hydrogens is 398 g/mol. The first-order valence-electron chi connectivity index (χ1n) is 9.21. The van der Waals surface area contributed by atoms with Crippen LogP contribution >= 0.6 is 0 Å². The minimum Gasteiger partial charge on any atom is -0.775 e. The van der Waals surface area contributed by atoms with Crippen LogP contribution in [0, 0.1) is 35.8 Å². The Morgan fingerprint density at radius 3 is 2.31 bits per heavy atom. The van der Waals surface area contributed by atoms with Gasteiger partial charge in [-0.15, -0.1) is 0 Å². The van der Waals surface area contributed by atoms with Gasteiger partial charge in [0.15, 0.2) is 0 Å². The molecule has 0 atom stereocenters. The summed E-state index contributed by atoms with van der Waals surface area (Å²) in [6.45, 7) is 14.6. The minimum absolute atomic E-state index is 0.108. The first-order chi connectivity index (χ1) is 15.7. The Morgan fingerprint density at radius 1 is 0.969 bits per heavy atom. The zero-order valence-corrected chi connectivity index (χ0v) is 16.6. The number of nitrogens with zero attached hydrogens (tertiary/aromatic N) is 5. The van der Waals surface area contributed by atoms with Crippen LogP contribution in [0.2, 0.25) is 0 Å². The minimum atomic E-state index is -0.199. The van der Waals surface area contributed by atoms with Crippen molar-refractivity contribution in [3.05, 3.63) is 123 Å². The predicted octanol–water partition coefficient (Wildman–Crippen LogP) is 6.25. The number of para-hydroxylation sites is 1. The molecular formula is C26H12N5O-. The lowest BCUT2D eigenvalue weighted by Crippen LogP contribution is -1.91. The van der Waals surface area contributed by atoms with Gasteiger partial charge in [0.25, 0.3) is 5.70 Å². The van der Waals surface area contributed by atoms with Crippen molar-refractivity contribution in [2.75, 3.05) is 0 Å². The van der Waals surface area contributed by atoms with E-state index in [9.17, 15) is 15.9 Å². The Morgan fingerprint density at radius 2 is 1.69 bits per heavy atom. The highest BCUT2D eigenvalue weighted by atomic mass is 16.3. The molecule has 0 saturated heterocycles. The van der Waals surface area contributed by atoms with Crippen LogP contribution in [0.15, 0.2) is 82.4 Å². The molecule has 6 nitrogen and oxygen atoms in total. The fourth-order valence-electron chi connectivity index (χ4n) is 3.13. The van der Waals surface area contributed by atoms with E-state index in [0.717, 1.165) is 0 Å². The zero-order chi connectivity index (χ0) is 22.9. The Hall–Kier alpha value is -5.39. The van der Waals surface area contributed by atoms with Crippen LogP contribution in [-0.2, 0) is 0 Å². The molecule has 3 aromatic rings. The third kappa shape index (κ3) is 4.13.